The van der Waals surface area contributed by atoms with E-state index in [1.54, 1.807) is 0 Å². The van der Waals surface area contributed by atoms with Gasteiger partial charge in [-0.25, -0.2) is 4.98 Å². The molecule has 0 amide bonds. The predicted molar refractivity (Wildman–Crippen MR) is 102 cm³/mol. The molecule has 0 N–H and O–H groups in total. The molecule has 1 aliphatic heterocycles. The molecule has 4 rings (SSSR count). The molecule has 0 bridgehead atoms. The fraction of sp³-hybridized carbons (Fsp3) is 0.429. The summed E-state index contributed by atoms with van der Waals surface area (Å²) < 4.78 is 0. The van der Waals surface area contributed by atoms with Crippen LogP contribution in [0.1, 0.15) is 36.3 Å². The van der Waals surface area contributed by atoms with Crippen LogP contribution in [-0.2, 0) is 6.42 Å². The van der Waals surface area contributed by atoms with Gasteiger partial charge in [0, 0.05) is 43.9 Å². The van der Waals surface area contributed by atoms with Crippen molar-refractivity contribution in [1.82, 2.24) is 4.98 Å². The van der Waals surface area contributed by atoms with Crippen LogP contribution in [0.5, 0.6) is 0 Å². The lowest BCUT2D eigenvalue weighted by atomic mass is 9.76. The maximum atomic E-state index is 12.3. The number of ketones is 1. The molecule has 1 aromatic heterocycles. The van der Waals surface area contributed by atoms with E-state index >= 15 is 0 Å². The monoisotopic (exact) mass is 335 g/mol. The van der Waals surface area contributed by atoms with Crippen molar-refractivity contribution < 1.29 is 4.79 Å². The number of pyridine rings is 1. The van der Waals surface area contributed by atoms with Gasteiger partial charge in [-0.15, -0.1) is 0 Å². The van der Waals surface area contributed by atoms with Gasteiger partial charge >= 0.3 is 0 Å². The third-order valence-electron chi connectivity index (χ3n) is 5.27. The number of anilines is 2. The maximum absolute atomic E-state index is 12.3. The van der Waals surface area contributed by atoms with Crippen LogP contribution in [0.25, 0.3) is 0 Å². The molecule has 2 aromatic rings. The number of hydrogen-bond acceptors (Lipinski definition) is 4. The van der Waals surface area contributed by atoms with Crippen LogP contribution in [-0.4, -0.2) is 36.9 Å². The molecule has 2 heterocycles. The maximum Gasteiger partial charge on any atom is 0.165 e. The Kier molecular flexibility index (Phi) is 3.98. The van der Waals surface area contributed by atoms with Gasteiger partial charge in [0.2, 0.25) is 0 Å². The summed E-state index contributed by atoms with van der Waals surface area (Å²) in [6.07, 6.45) is 1.50. The average molecular weight is 335 g/mol. The molecule has 0 saturated carbocycles. The van der Waals surface area contributed by atoms with Crippen LogP contribution < -0.4 is 9.80 Å². The van der Waals surface area contributed by atoms with Crippen LogP contribution in [0, 0.1) is 5.41 Å². The SMILES string of the molecule is CC1(C)CC(=O)c2ccc(N3CCN(c4ccccc4)CC3)nc2C1. The summed E-state index contributed by atoms with van der Waals surface area (Å²) in [5, 5.41) is 0. The molecule has 2 aliphatic rings. The molecular formula is C21H25N3O. The summed E-state index contributed by atoms with van der Waals surface area (Å²) in [6.45, 7) is 8.21. The largest absolute Gasteiger partial charge is 0.368 e. The lowest BCUT2D eigenvalue weighted by molar-refractivity contribution is 0.0910. The van der Waals surface area contributed by atoms with E-state index in [4.69, 9.17) is 4.98 Å². The Bertz CT molecular complexity index is 777. The Hall–Kier alpha value is -2.36. The minimum atomic E-state index is 0.0156. The number of carbonyl (C=O) groups excluding carboxylic acids is 1. The summed E-state index contributed by atoms with van der Waals surface area (Å²) in [7, 11) is 0. The fourth-order valence-electron chi connectivity index (χ4n) is 3.93. The normalized spacial score (nSPS) is 19.7. The number of para-hydroxylation sites is 1. The zero-order valence-corrected chi connectivity index (χ0v) is 15.0. The van der Waals surface area contributed by atoms with Crippen molar-refractivity contribution in [3.8, 4) is 0 Å². The Morgan fingerprint density at radius 1 is 0.880 bits per heavy atom. The summed E-state index contributed by atoms with van der Waals surface area (Å²) in [5.74, 6) is 1.25. The Balaban J connectivity index is 1.50. The highest BCUT2D eigenvalue weighted by Gasteiger charge is 2.32. The van der Waals surface area contributed by atoms with Crippen LogP contribution in [0.3, 0.4) is 0 Å². The second-order valence-corrected chi connectivity index (χ2v) is 7.91. The van der Waals surface area contributed by atoms with E-state index in [0.717, 1.165) is 49.7 Å². The minimum Gasteiger partial charge on any atom is -0.368 e. The summed E-state index contributed by atoms with van der Waals surface area (Å²) >= 11 is 0. The highest BCUT2D eigenvalue weighted by atomic mass is 16.1. The molecule has 1 aromatic carbocycles. The number of nitrogens with zero attached hydrogens (tertiary/aromatic N) is 3. The highest BCUT2D eigenvalue weighted by Crippen LogP contribution is 2.34. The van der Waals surface area contributed by atoms with Crippen LogP contribution in [0.15, 0.2) is 42.5 Å². The van der Waals surface area contributed by atoms with E-state index in [-0.39, 0.29) is 11.2 Å². The van der Waals surface area contributed by atoms with Gasteiger partial charge in [0.1, 0.15) is 5.82 Å². The number of benzene rings is 1. The van der Waals surface area contributed by atoms with Crippen LogP contribution in [0.4, 0.5) is 11.5 Å². The predicted octanol–water partition coefficient (Wildman–Crippen LogP) is 3.56. The van der Waals surface area contributed by atoms with E-state index < -0.39 is 0 Å². The first kappa shape index (κ1) is 16.1. The third-order valence-corrected chi connectivity index (χ3v) is 5.27. The second kappa shape index (κ2) is 6.17. The molecule has 4 heteroatoms. The van der Waals surface area contributed by atoms with Gasteiger partial charge in [0.05, 0.1) is 5.69 Å². The number of piperazine rings is 1. The number of hydrogen-bond donors (Lipinski definition) is 0. The fourth-order valence-corrected chi connectivity index (χ4v) is 3.93. The lowest BCUT2D eigenvalue weighted by Crippen LogP contribution is -2.47. The molecule has 0 spiro atoms. The Labute approximate surface area is 149 Å². The first-order valence-corrected chi connectivity index (χ1v) is 9.10. The van der Waals surface area contributed by atoms with E-state index in [1.165, 1.54) is 5.69 Å². The van der Waals surface area contributed by atoms with E-state index in [1.807, 2.05) is 12.1 Å². The molecule has 1 saturated heterocycles. The number of fused-ring (bicyclic) bond motifs is 1. The van der Waals surface area contributed by atoms with Crippen molar-refractivity contribution in [2.24, 2.45) is 5.41 Å². The smallest absolute Gasteiger partial charge is 0.165 e. The molecular weight excluding hydrogens is 310 g/mol. The van der Waals surface area contributed by atoms with Crippen molar-refractivity contribution >= 4 is 17.3 Å². The third kappa shape index (κ3) is 3.26. The number of Topliss-reactive ketones (excluding diaryl/α,β-unsaturated/α-hetero) is 1. The zero-order valence-electron chi connectivity index (χ0n) is 15.0. The van der Waals surface area contributed by atoms with Gasteiger partial charge < -0.3 is 9.80 Å². The van der Waals surface area contributed by atoms with E-state index in [0.29, 0.717) is 6.42 Å². The molecule has 130 valence electrons. The molecule has 1 aliphatic carbocycles. The van der Waals surface area contributed by atoms with Gasteiger partial charge in [0.25, 0.3) is 0 Å². The van der Waals surface area contributed by atoms with E-state index in [9.17, 15) is 4.79 Å². The summed E-state index contributed by atoms with van der Waals surface area (Å²) in [4.78, 5) is 22.0. The standard InChI is InChI=1S/C21H25N3O/c1-21(2)14-18-17(19(25)15-21)8-9-20(22-18)24-12-10-23(11-13-24)16-6-4-3-5-7-16/h3-9H,10-15H2,1-2H3. The van der Waals surface area contributed by atoms with Crippen molar-refractivity contribution in [2.45, 2.75) is 26.7 Å². The lowest BCUT2D eigenvalue weighted by Gasteiger charge is -2.37. The molecule has 1 fully saturated rings. The quantitative estimate of drug-likeness (QED) is 0.841. The van der Waals surface area contributed by atoms with Crippen molar-refractivity contribution in [1.29, 1.82) is 0 Å². The van der Waals surface area contributed by atoms with Gasteiger partial charge in [-0.1, -0.05) is 32.0 Å². The van der Waals surface area contributed by atoms with Gasteiger partial charge in [0.15, 0.2) is 5.78 Å². The first-order valence-electron chi connectivity index (χ1n) is 9.10. The Morgan fingerprint density at radius 3 is 2.28 bits per heavy atom. The summed E-state index contributed by atoms with van der Waals surface area (Å²) in [5.41, 5.74) is 3.10. The molecule has 0 atom stereocenters. The van der Waals surface area contributed by atoms with Gasteiger partial charge in [-0.05, 0) is 36.1 Å². The molecule has 0 unspecified atom stereocenters. The van der Waals surface area contributed by atoms with Crippen molar-refractivity contribution in [3.63, 3.8) is 0 Å². The summed E-state index contributed by atoms with van der Waals surface area (Å²) in [6, 6.07) is 14.6. The van der Waals surface area contributed by atoms with Gasteiger partial charge in [-0.3, -0.25) is 4.79 Å². The molecule has 0 radical (unpaired) electrons. The molecule has 4 nitrogen and oxygen atoms in total. The van der Waals surface area contributed by atoms with Crippen molar-refractivity contribution in [2.75, 3.05) is 36.0 Å². The first-order chi connectivity index (χ1) is 12.0. The van der Waals surface area contributed by atoms with Crippen LogP contribution >= 0.6 is 0 Å². The number of carbonyl (C=O) groups is 1. The number of rotatable bonds is 2. The second-order valence-electron chi connectivity index (χ2n) is 7.91. The molecule has 25 heavy (non-hydrogen) atoms. The van der Waals surface area contributed by atoms with Crippen molar-refractivity contribution in [3.05, 3.63) is 53.7 Å². The highest BCUT2D eigenvalue weighted by molar-refractivity contribution is 5.98. The number of aromatic nitrogens is 1. The van der Waals surface area contributed by atoms with Crippen LogP contribution in [0.2, 0.25) is 0 Å². The topological polar surface area (TPSA) is 36.4 Å². The van der Waals surface area contributed by atoms with Gasteiger partial charge in [-0.2, -0.15) is 0 Å². The zero-order chi connectivity index (χ0) is 17.4. The average Bonchev–Trinajstić information content (AvgIpc) is 2.61. The minimum absolute atomic E-state index is 0.0156. The van der Waals surface area contributed by atoms with E-state index in [2.05, 4.69) is 54.0 Å². The Morgan fingerprint density at radius 2 is 1.56 bits per heavy atom.